The lowest BCUT2D eigenvalue weighted by Crippen LogP contribution is -2.04. The van der Waals surface area contributed by atoms with Crippen LogP contribution in [0.25, 0.3) is 10.3 Å². The highest BCUT2D eigenvalue weighted by molar-refractivity contribution is 7.18. The standard InChI is InChI=1S/C13H16N2O2S/c1-2-17-13(16)9-7-10-11(14-9)15-12(18-10)8-5-3-4-6-8/h7-8,14H,2-6H2,1H3. The zero-order valence-electron chi connectivity index (χ0n) is 10.4. The number of carbonyl (C=O) groups is 1. The number of ether oxygens (including phenoxy) is 1. The molecule has 2 aromatic rings. The third-order valence-corrected chi connectivity index (χ3v) is 4.56. The van der Waals surface area contributed by atoms with Crippen molar-refractivity contribution < 1.29 is 9.53 Å². The molecule has 1 saturated carbocycles. The van der Waals surface area contributed by atoms with Crippen molar-refractivity contribution in [2.45, 2.75) is 38.5 Å². The summed E-state index contributed by atoms with van der Waals surface area (Å²) in [6.45, 7) is 2.20. The van der Waals surface area contributed by atoms with Gasteiger partial charge in [0.15, 0.2) is 0 Å². The number of aromatic amines is 1. The number of fused-ring (bicyclic) bond motifs is 1. The Balaban J connectivity index is 1.86. The smallest absolute Gasteiger partial charge is 0.354 e. The Bertz CT molecular complexity index is 535. The number of aromatic nitrogens is 2. The molecule has 0 aromatic carbocycles. The van der Waals surface area contributed by atoms with Gasteiger partial charge in [0.1, 0.15) is 11.3 Å². The fourth-order valence-corrected chi connectivity index (χ4v) is 3.63. The molecule has 0 radical (unpaired) electrons. The molecule has 4 nitrogen and oxygen atoms in total. The Morgan fingerprint density at radius 2 is 2.33 bits per heavy atom. The fraction of sp³-hybridized carbons (Fsp3) is 0.538. The normalized spacial score (nSPS) is 16.5. The summed E-state index contributed by atoms with van der Waals surface area (Å²) in [5.41, 5.74) is 1.33. The van der Waals surface area contributed by atoms with Gasteiger partial charge in [0.2, 0.25) is 0 Å². The highest BCUT2D eigenvalue weighted by Crippen LogP contribution is 2.38. The third-order valence-electron chi connectivity index (χ3n) is 3.40. The summed E-state index contributed by atoms with van der Waals surface area (Å²) in [7, 11) is 0. The van der Waals surface area contributed by atoms with Gasteiger partial charge in [0.05, 0.1) is 16.3 Å². The third kappa shape index (κ3) is 2.03. The van der Waals surface area contributed by atoms with Crippen molar-refractivity contribution in [3.05, 3.63) is 16.8 Å². The number of esters is 1. The number of nitrogens with one attached hydrogen (secondary N) is 1. The van der Waals surface area contributed by atoms with E-state index in [0.717, 1.165) is 10.3 Å². The van der Waals surface area contributed by atoms with Crippen LogP contribution in [-0.4, -0.2) is 22.5 Å². The molecule has 1 aliphatic carbocycles. The predicted molar refractivity (Wildman–Crippen MR) is 71.1 cm³/mol. The Hall–Kier alpha value is -1.36. The molecule has 1 N–H and O–H groups in total. The van der Waals surface area contributed by atoms with E-state index in [9.17, 15) is 4.79 Å². The number of rotatable bonds is 3. The average Bonchev–Trinajstić information content (AvgIpc) is 3.03. The monoisotopic (exact) mass is 264 g/mol. The molecule has 0 aliphatic heterocycles. The number of carbonyl (C=O) groups excluding carboxylic acids is 1. The molecular weight excluding hydrogens is 248 g/mol. The van der Waals surface area contributed by atoms with Gasteiger partial charge in [-0.05, 0) is 25.8 Å². The minimum atomic E-state index is -0.301. The Labute approximate surface area is 109 Å². The highest BCUT2D eigenvalue weighted by Gasteiger charge is 2.22. The van der Waals surface area contributed by atoms with Crippen LogP contribution in [0.4, 0.5) is 0 Å². The average molecular weight is 264 g/mol. The molecule has 0 unspecified atom stereocenters. The van der Waals surface area contributed by atoms with Crippen LogP contribution in [0.3, 0.4) is 0 Å². The maximum atomic E-state index is 11.6. The largest absolute Gasteiger partial charge is 0.461 e. The van der Waals surface area contributed by atoms with Gasteiger partial charge in [-0.25, -0.2) is 9.78 Å². The van der Waals surface area contributed by atoms with Gasteiger partial charge >= 0.3 is 5.97 Å². The van der Waals surface area contributed by atoms with Crippen LogP contribution in [-0.2, 0) is 4.74 Å². The van der Waals surface area contributed by atoms with Gasteiger partial charge in [-0.2, -0.15) is 0 Å². The summed E-state index contributed by atoms with van der Waals surface area (Å²) in [5.74, 6) is 0.326. The van der Waals surface area contributed by atoms with E-state index in [2.05, 4.69) is 9.97 Å². The first-order valence-electron chi connectivity index (χ1n) is 6.44. The second-order valence-electron chi connectivity index (χ2n) is 4.65. The van der Waals surface area contributed by atoms with Gasteiger partial charge in [-0.1, -0.05) is 12.8 Å². The van der Waals surface area contributed by atoms with E-state index in [-0.39, 0.29) is 5.97 Å². The fourth-order valence-electron chi connectivity index (χ4n) is 2.50. The SMILES string of the molecule is CCOC(=O)c1cc2sc(C3CCCC3)nc2[nH]1. The lowest BCUT2D eigenvalue weighted by atomic mass is 10.1. The van der Waals surface area contributed by atoms with Crippen molar-refractivity contribution in [1.82, 2.24) is 9.97 Å². The second kappa shape index (κ2) is 4.72. The lowest BCUT2D eigenvalue weighted by Gasteiger charge is -2.02. The predicted octanol–water partition coefficient (Wildman–Crippen LogP) is 3.46. The molecule has 0 saturated heterocycles. The Kier molecular flexibility index (Phi) is 3.07. The number of nitrogens with zero attached hydrogens (tertiary/aromatic N) is 1. The van der Waals surface area contributed by atoms with Gasteiger partial charge in [0, 0.05) is 5.92 Å². The summed E-state index contributed by atoms with van der Waals surface area (Å²) in [5, 5.41) is 1.21. The second-order valence-corrected chi connectivity index (χ2v) is 5.71. The molecule has 0 bridgehead atoms. The molecule has 0 atom stereocenters. The minimum absolute atomic E-state index is 0.301. The number of thiazole rings is 1. The van der Waals surface area contributed by atoms with E-state index in [1.807, 2.05) is 6.07 Å². The van der Waals surface area contributed by atoms with E-state index < -0.39 is 0 Å². The van der Waals surface area contributed by atoms with Crippen molar-refractivity contribution in [1.29, 1.82) is 0 Å². The van der Waals surface area contributed by atoms with Gasteiger partial charge < -0.3 is 9.72 Å². The van der Waals surface area contributed by atoms with Crippen LogP contribution >= 0.6 is 11.3 Å². The van der Waals surface area contributed by atoms with Crippen LogP contribution in [0.15, 0.2) is 6.07 Å². The maximum absolute atomic E-state index is 11.6. The van der Waals surface area contributed by atoms with E-state index in [1.54, 1.807) is 18.3 Å². The van der Waals surface area contributed by atoms with Crippen LogP contribution in [0.5, 0.6) is 0 Å². The van der Waals surface area contributed by atoms with Crippen molar-refractivity contribution >= 4 is 27.7 Å². The lowest BCUT2D eigenvalue weighted by molar-refractivity contribution is 0.0520. The van der Waals surface area contributed by atoms with Crippen LogP contribution in [0.2, 0.25) is 0 Å². The molecule has 1 aliphatic rings. The van der Waals surface area contributed by atoms with E-state index >= 15 is 0 Å². The molecule has 1 fully saturated rings. The Morgan fingerprint density at radius 3 is 3.00 bits per heavy atom. The summed E-state index contributed by atoms with van der Waals surface area (Å²) < 4.78 is 6.02. The van der Waals surface area contributed by atoms with E-state index in [4.69, 9.17) is 4.74 Å². The van der Waals surface area contributed by atoms with Gasteiger partial charge in [0.25, 0.3) is 0 Å². The van der Waals surface area contributed by atoms with Crippen molar-refractivity contribution in [3.63, 3.8) is 0 Å². The number of hydrogen-bond donors (Lipinski definition) is 1. The Morgan fingerprint density at radius 1 is 1.56 bits per heavy atom. The highest BCUT2D eigenvalue weighted by atomic mass is 32.1. The number of H-pyrrole nitrogens is 1. The molecule has 0 spiro atoms. The number of hydrogen-bond acceptors (Lipinski definition) is 4. The van der Waals surface area contributed by atoms with Gasteiger partial charge in [-0.15, -0.1) is 11.3 Å². The molecule has 5 heteroatoms. The van der Waals surface area contributed by atoms with Crippen LogP contribution < -0.4 is 0 Å². The quantitative estimate of drug-likeness (QED) is 0.864. The minimum Gasteiger partial charge on any atom is -0.461 e. The molecule has 2 aromatic heterocycles. The molecule has 18 heavy (non-hydrogen) atoms. The zero-order chi connectivity index (χ0) is 12.5. The van der Waals surface area contributed by atoms with Crippen molar-refractivity contribution in [3.8, 4) is 0 Å². The molecule has 2 heterocycles. The first-order valence-corrected chi connectivity index (χ1v) is 7.26. The van der Waals surface area contributed by atoms with Crippen molar-refractivity contribution in [2.24, 2.45) is 0 Å². The molecule has 3 rings (SSSR count). The first kappa shape index (κ1) is 11.7. The maximum Gasteiger partial charge on any atom is 0.354 e. The van der Waals surface area contributed by atoms with E-state index in [1.165, 1.54) is 30.7 Å². The topological polar surface area (TPSA) is 55.0 Å². The summed E-state index contributed by atoms with van der Waals surface area (Å²) in [6.07, 6.45) is 5.13. The molecular formula is C13H16N2O2S. The van der Waals surface area contributed by atoms with Crippen molar-refractivity contribution in [2.75, 3.05) is 6.61 Å². The summed E-state index contributed by atoms with van der Waals surface area (Å²) in [6, 6.07) is 1.85. The van der Waals surface area contributed by atoms with Gasteiger partial charge in [-0.3, -0.25) is 0 Å². The molecule has 96 valence electrons. The van der Waals surface area contributed by atoms with E-state index in [0.29, 0.717) is 18.2 Å². The van der Waals surface area contributed by atoms with Crippen LogP contribution in [0.1, 0.15) is 54.0 Å². The summed E-state index contributed by atoms with van der Waals surface area (Å²) in [4.78, 5) is 19.2. The summed E-state index contributed by atoms with van der Waals surface area (Å²) >= 11 is 1.70. The molecule has 0 amide bonds. The zero-order valence-corrected chi connectivity index (χ0v) is 11.2. The first-order chi connectivity index (χ1) is 8.78. The van der Waals surface area contributed by atoms with Crippen LogP contribution in [0, 0.1) is 0 Å².